The van der Waals surface area contributed by atoms with Crippen molar-refractivity contribution < 1.29 is 18.8 Å². The lowest BCUT2D eigenvalue weighted by Crippen LogP contribution is -2.65. The zero-order valence-electron chi connectivity index (χ0n) is 13.1. The van der Waals surface area contributed by atoms with Crippen molar-refractivity contribution in [1.82, 2.24) is 10.6 Å². The van der Waals surface area contributed by atoms with Crippen LogP contribution in [0.1, 0.15) is 17.3 Å². The number of amides is 3. The van der Waals surface area contributed by atoms with Crippen molar-refractivity contribution in [3.63, 3.8) is 0 Å². The Hall–Kier alpha value is -3.09. The third-order valence-corrected chi connectivity index (χ3v) is 3.84. The van der Waals surface area contributed by atoms with Crippen LogP contribution in [0.25, 0.3) is 0 Å². The normalized spacial score (nSPS) is 17.8. The Kier molecular flexibility index (Phi) is 4.33. The topological polar surface area (TPSA) is 91.7 Å². The summed E-state index contributed by atoms with van der Waals surface area (Å²) in [6.45, 7) is 1.97. The molecule has 124 valence electrons. The summed E-state index contributed by atoms with van der Waals surface area (Å²) >= 11 is 0. The summed E-state index contributed by atoms with van der Waals surface area (Å²) in [5.41, 5.74) is 1.14. The van der Waals surface area contributed by atoms with Gasteiger partial charge in [-0.2, -0.15) is 0 Å². The number of nitrogens with one attached hydrogen (secondary N) is 2. The lowest BCUT2D eigenvalue weighted by molar-refractivity contribution is -0.131. The SMILES string of the molecule is CC(NC(=O)c1ccoc1)C(=O)NC1CN(c2ccccc2)C1=O. The van der Waals surface area contributed by atoms with Crippen LogP contribution in [-0.2, 0) is 9.59 Å². The maximum absolute atomic E-state index is 12.1. The van der Waals surface area contributed by atoms with Crippen LogP contribution in [0.3, 0.4) is 0 Å². The van der Waals surface area contributed by atoms with Crippen molar-refractivity contribution in [3.05, 3.63) is 54.5 Å². The van der Waals surface area contributed by atoms with Gasteiger partial charge in [-0.3, -0.25) is 14.4 Å². The lowest BCUT2D eigenvalue weighted by atomic mass is 10.1. The molecule has 24 heavy (non-hydrogen) atoms. The second-order valence-electron chi connectivity index (χ2n) is 5.55. The molecule has 0 saturated carbocycles. The molecule has 2 heterocycles. The van der Waals surface area contributed by atoms with Crippen molar-refractivity contribution >= 4 is 23.4 Å². The van der Waals surface area contributed by atoms with Crippen LogP contribution in [0.2, 0.25) is 0 Å². The largest absolute Gasteiger partial charge is 0.472 e. The molecule has 0 bridgehead atoms. The first-order valence-corrected chi connectivity index (χ1v) is 7.56. The molecular formula is C17H17N3O4. The average Bonchev–Trinajstić information content (AvgIpc) is 3.13. The fraction of sp³-hybridized carbons (Fsp3) is 0.235. The second-order valence-corrected chi connectivity index (χ2v) is 5.55. The first-order valence-electron chi connectivity index (χ1n) is 7.56. The molecule has 2 N–H and O–H groups in total. The Morgan fingerprint density at radius 2 is 2.00 bits per heavy atom. The van der Waals surface area contributed by atoms with Gasteiger partial charge >= 0.3 is 0 Å². The van der Waals surface area contributed by atoms with Crippen LogP contribution in [-0.4, -0.2) is 36.3 Å². The molecule has 1 aliphatic rings. The van der Waals surface area contributed by atoms with Gasteiger partial charge in [-0.25, -0.2) is 0 Å². The Morgan fingerprint density at radius 3 is 2.62 bits per heavy atom. The van der Waals surface area contributed by atoms with E-state index in [1.165, 1.54) is 18.6 Å². The Morgan fingerprint density at radius 1 is 1.25 bits per heavy atom. The highest BCUT2D eigenvalue weighted by molar-refractivity contribution is 6.06. The molecule has 0 radical (unpaired) electrons. The maximum atomic E-state index is 12.1. The van der Waals surface area contributed by atoms with Crippen molar-refractivity contribution in [2.75, 3.05) is 11.4 Å². The summed E-state index contributed by atoms with van der Waals surface area (Å²) in [6, 6.07) is 9.43. The van der Waals surface area contributed by atoms with Gasteiger partial charge in [0, 0.05) is 5.69 Å². The zero-order valence-corrected chi connectivity index (χ0v) is 13.1. The fourth-order valence-electron chi connectivity index (χ4n) is 2.41. The number of anilines is 1. The molecule has 0 aliphatic carbocycles. The number of furan rings is 1. The van der Waals surface area contributed by atoms with Gasteiger partial charge < -0.3 is 20.0 Å². The molecule has 0 spiro atoms. The van der Waals surface area contributed by atoms with Crippen molar-refractivity contribution in [2.24, 2.45) is 0 Å². The minimum Gasteiger partial charge on any atom is -0.472 e. The van der Waals surface area contributed by atoms with Gasteiger partial charge in [0.2, 0.25) is 5.91 Å². The second kappa shape index (κ2) is 6.57. The minimum absolute atomic E-state index is 0.164. The van der Waals surface area contributed by atoms with Crippen LogP contribution >= 0.6 is 0 Å². The molecule has 1 aromatic heterocycles. The Bertz CT molecular complexity index is 742. The van der Waals surface area contributed by atoms with Gasteiger partial charge in [0.25, 0.3) is 11.8 Å². The molecule has 3 rings (SSSR count). The molecule has 2 atom stereocenters. The molecule has 1 aromatic carbocycles. The third kappa shape index (κ3) is 3.15. The minimum atomic E-state index is -0.758. The summed E-state index contributed by atoms with van der Waals surface area (Å²) < 4.78 is 4.83. The number of hydrogen-bond donors (Lipinski definition) is 2. The van der Waals surface area contributed by atoms with Gasteiger partial charge in [0.15, 0.2) is 0 Å². The maximum Gasteiger partial charge on any atom is 0.255 e. The Labute approximate surface area is 138 Å². The van der Waals surface area contributed by atoms with E-state index in [0.717, 1.165) is 5.69 Å². The van der Waals surface area contributed by atoms with Crippen molar-refractivity contribution in [1.29, 1.82) is 0 Å². The van der Waals surface area contributed by atoms with Gasteiger partial charge in [-0.1, -0.05) is 18.2 Å². The van der Waals surface area contributed by atoms with Gasteiger partial charge in [0.1, 0.15) is 18.3 Å². The average molecular weight is 327 g/mol. The van der Waals surface area contributed by atoms with Crippen LogP contribution in [0.15, 0.2) is 53.3 Å². The first-order chi connectivity index (χ1) is 11.6. The van der Waals surface area contributed by atoms with E-state index in [2.05, 4.69) is 10.6 Å². The predicted molar refractivity (Wildman–Crippen MR) is 86.4 cm³/mol. The van der Waals surface area contributed by atoms with Crippen LogP contribution in [0.4, 0.5) is 5.69 Å². The highest BCUT2D eigenvalue weighted by atomic mass is 16.3. The smallest absolute Gasteiger partial charge is 0.255 e. The number of hydrogen-bond acceptors (Lipinski definition) is 4. The van der Waals surface area contributed by atoms with Crippen molar-refractivity contribution in [3.8, 4) is 0 Å². The number of nitrogens with zero attached hydrogens (tertiary/aromatic N) is 1. The zero-order chi connectivity index (χ0) is 17.1. The molecule has 2 unspecified atom stereocenters. The summed E-state index contributed by atoms with van der Waals surface area (Å²) in [6.07, 6.45) is 2.68. The number of para-hydroxylation sites is 1. The first kappa shape index (κ1) is 15.8. The van der Waals surface area contributed by atoms with Gasteiger partial charge in [0.05, 0.1) is 18.4 Å². The standard InChI is InChI=1S/C17H17N3O4/c1-11(18-16(22)12-7-8-24-10-12)15(21)19-14-9-20(17(14)23)13-5-3-2-4-6-13/h2-8,10-11,14H,9H2,1H3,(H,18,22)(H,19,21). The fourth-order valence-corrected chi connectivity index (χ4v) is 2.41. The van der Waals surface area contributed by atoms with E-state index in [4.69, 9.17) is 4.42 Å². The van der Waals surface area contributed by atoms with E-state index >= 15 is 0 Å². The van der Waals surface area contributed by atoms with Gasteiger partial charge in [-0.15, -0.1) is 0 Å². The van der Waals surface area contributed by atoms with Crippen molar-refractivity contribution in [2.45, 2.75) is 19.0 Å². The molecule has 1 fully saturated rings. The van der Waals surface area contributed by atoms with E-state index in [1.807, 2.05) is 30.3 Å². The van der Waals surface area contributed by atoms with E-state index in [1.54, 1.807) is 11.8 Å². The number of rotatable bonds is 5. The van der Waals surface area contributed by atoms with E-state index in [0.29, 0.717) is 12.1 Å². The number of carbonyl (C=O) groups is 3. The van der Waals surface area contributed by atoms with E-state index < -0.39 is 23.9 Å². The predicted octanol–water partition coefficient (Wildman–Crippen LogP) is 0.929. The highest BCUT2D eigenvalue weighted by Crippen LogP contribution is 2.21. The molecule has 1 saturated heterocycles. The summed E-state index contributed by atoms with van der Waals surface area (Å²) in [4.78, 5) is 37.7. The summed E-state index contributed by atoms with van der Waals surface area (Å²) in [7, 11) is 0. The van der Waals surface area contributed by atoms with Crippen LogP contribution in [0, 0.1) is 0 Å². The lowest BCUT2D eigenvalue weighted by Gasteiger charge is -2.39. The van der Waals surface area contributed by atoms with Crippen LogP contribution in [0.5, 0.6) is 0 Å². The molecule has 7 nitrogen and oxygen atoms in total. The molecule has 1 aliphatic heterocycles. The number of β-lactam (4-membered cyclic amide) rings is 1. The highest BCUT2D eigenvalue weighted by Gasteiger charge is 2.39. The summed E-state index contributed by atoms with van der Waals surface area (Å²) in [5, 5.41) is 5.21. The van der Waals surface area contributed by atoms with Gasteiger partial charge in [-0.05, 0) is 25.1 Å². The van der Waals surface area contributed by atoms with E-state index in [-0.39, 0.29) is 5.91 Å². The Balaban J connectivity index is 1.51. The molecule has 7 heteroatoms. The number of benzene rings is 1. The molecular weight excluding hydrogens is 310 g/mol. The number of carbonyl (C=O) groups excluding carboxylic acids is 3. The quantitative estimate of drug-likeness (QED) is 0.799. The monoisotopic (exact) mass is 327 g/mol. The third-order valence-electron chi connectivity index (χ3n) is 3.84. The summed E-state index contributed by atoms with van der Waals surface area (Å²) in [5.74, 6) is -0.974. The molecule has 2 aromatic rings. The molecule has 3 amide bonds. The van der Waals surface area contributed by atoms with Crippen LogP contribution < -0.4 is 15.5 Å². The van der Waals surface area contributed by atoms with E-state index in [9.17, 15) is 14.4 Å².